The van der Waals surface area contributed by atoms with Crippen molar-refractivity contribution >= 4 is 5.78 Å². The second-order valence-corrected chi connectivity index (χ2v) is 2.93. The van der Waals surface area contributed by atoms with Crippen LogP contribution < -0.4 is 5.73 Å². The number of rotatable bonds is 3. The maximum Gasteiger partial charge on any atom is 0.134 e. The van der Waals surface area contributed by atoms with Gasteiger partial charge in [0.05, 0.1) is 0 Å². The fourth-order valence-corrected chi connectivity index (χ4v) is 0.855. The van der Waals surface area contributed by atoms with Gasteiger partial charge in [-0.15, -0.1) is 0 Å². The minimum Gasteiger partial charge on any atom is -0.325 e. The van der Waals surface area contributed by atoms with Crippen molar-refractivity contribution in [2.75, 3.05) is 0 Å². The lowest BCUT2D eigenvalue weighted by Gasteiger charge is -2.03. The highest BCUT2D eigenvalue weighted by Crippen LogP contribution is 2.35. The molecular formula is C7H13NO. The SMILES string of the molecule is CCC(=O)CC1(N)CC1. The molecule has 0 aliphatic heterocycles. The van der Waals surface area contributed by atoms with E-state index in [0.717, 1.165) is 12.8 Å². The van der Waals surface area contributed by atoms with Crippen LogP contribution in [0.4, 0.5) is 0 Å². The Bertz CT molecular complexity index is 127. The Morgan fingerprint density at radius 2 is 2.22 bits per heavy atom. The van der Waals surface area contributed by atoms with Crippen LogP contribution in [0.1, 0.15) is 32.6 Å². The van der Waals surface area contributed by atoms with Gasteiger partial charge in [0.25, 0.3) is 0 Å². The third-order valence-corrected chi connectivity index (χ3v) is 1.84. The molecule has 0 atom stereocenters. The Hall–Kier alpha value is -0.370. The van der Waals surface area contributed by atoms with Crippen molar-refractivity contribution in [1.29, 1.82) is 0 Å². The van der Waals surface area contributed by atoms with Crippen LogP contribution in [0, 0.1) is 0 Å². The second kappa shape index (κ2) is 2.10. The predicted octanol–water partition coefficient (Wildman–Crippen LogP) is 0.847. The van der Waals surface area contributed by atoms with E-state index in [1.54, 1.807) is 0 Å². The van der Waals surface area contributed by atoms with Gasteiger partial charge in [0.15, 0.2) is 0 Å². The lowest BCUT2D eigenvalue weighted by molar-refractivity contribution is -0.119. The predicted molar refractivity (Wildman–Crippen MR) is 36.1 cm³/mol. The van der Waals surface area contributed by atoms with Gasteiger partial charge in [0.1, 0.15) is 5.78 Å². The molecule has 1 rings (SSSR count). The van der Waals surface area contributed by atoms with E-state index in [2.05, 4.69) is 0 Å². The Kier molecular flexibility index (Phi) is 1.58. The normalized spacial score (nSPS) is 21.6. The van der Waals surface area contributed by atoms with Crippen molar-refractivity contribution < 1.29 is 4.79 Å². The highest BCUT2D eigenvalue weighted by atomic mass is 16.1. The van der Waals surface area contributed by atoms with Crippen molar-refractivity contribution in [3.05, 3.63) is 0 Å². The molecule has 0 unspecified atom stereocenters. The van der Waals surface area contributed by atoms with E-state index in [-0.39, 0.29) is 5.54 Å². The van der Waals surface area contributed by atoms with Crippen molar-refractivity contribution in [2.45, 2.75) is 38.1 Å². The first-order valence-corrected chi connectivity index (χ1v) is 3.47. The van der Waals surface area contributed by atoms with Crippen LogP contribution >= 0.6 is 0 Å². The third kappa shape index (κ3) is 1.79. The van der Waals surface area contributed by atoms with Gasteiger partial charge in [-0.2, -0.15) is 0 Å². The minimum atomic E-state index is -0.0763. The van der Waals surface area contributed by atoms with E-state index >= 15 is 0 Å². The molecule has 0 saturated heterocycles. The van der Waals surface area contributed by atoms with Crippen LogP contribution in [0.2, 0.25) is 0 Å². The number of carbonyl (C=O) groups excluding carboxylic acids is 1. The Balaban J connectivity index is 2.25. The minimum absolute atomic E-state index is 0.0763. The molecular weight excluding hydrogens is 114 g/mol. The first-order valence-electron chi connectivity index (χ1n) is 3.47. The number of ketones is 1. The number of nitrogens with two attached hydrogens (primary N) is 1. The topological polar surface area (TPSA) is 43.1 Å². The van der Waals surface area contributed by atoms with E-state index < -0.39 is 0 Å². The van der Waals surface area contributed by atoms with Crippen molar-refractivity contribution in [2.24, 2.45) is 5.73 Å². The molecule has 0 aromatic carbocycles. The third-order valence-electron chi connectivity index (χ3n) is 1.84. The van der Waals surface area contributed by atoms with Gasteiger partial charge in [-0.25, -0.2) is 0 Å². The first kappa shape index (κ1) is 6.75. The molecule has 0 spiro atoms. The number of hydrogen-bond acceptors (Lipinski definition) is 2. The monoisotopic (exact) mass is 127 g/mol. The van der Waals surface area contributed by atoms with E-state index in [1.807, 2.05) is 6.92 Å². The second-order valence-electron chi connectivity index (χ2n) is 2.93. The van der Waals surface area contributed by atoms with Gasteiger partial charge in [0.2, 0.25) is 0 Å². The smallest absolute Gasteiger partial charge is 0.134 e. The van der Waals surface area contributed by atoms with Crippen LogP contribution in [-0.4, -0.2) is 11.3 Å². The molecule has 0 radical (unpaired) electrons. The standard InChI is InChI=1S/C7H13NO/c1-2-6(9)5-7(8)3-4-7/h2-5,8H2,1H3. The zero-order valence-electron chi connectivity index (χ0n) is 5.81. The highest BCUT2D eigenvalue weighted by Gasteiger charge is 2.39. The molecule has 1 aliphatic rings. The quantitative estimate of drug-likeness (QED) is 0.610. The largest absolute Gasteiger partial charge is 0.325 e. The molecule has 0 bridgehead atoms. The number of Topliss-reactive ketones (excluding diaryl/α,β-unsaturated/α-hetero) is 1. The highest BCUT2D eigenvalue weighted by molar-refractivity contribution is 5.79. The maximum absolute atomic E-state index is 10.8. The molecule has 0 aromatic heterocycles. The summed E-state index contributed by atoms with van der Waals surface area (Å²) in [6.07, 6.45) is 3.32. The van der Waals surface area contributed by atoms with Gasteiger partial charge in [-0.05, 0) is 12.8 Å². The zero-order valence-corrected chi connectivity index (χ0v) is 5.81. The molecule has 1 saturated carbocycles. The summed E-state index contributed by atoms with van der Waals surface area (Å²) in [6, 6.07) is 0. The van der Waals surface area contributed by atoms with Crippen LogP contribution in [0.3, 0.4) is 0 Å². The van der Waals surface area contributed by atoms with E-state index in [1.165, 1.54) is 0 Å². The van der Waals surface area contributed by atoms with Gasteiger partial charge in [-0.3, -0.25) is 4.79 Å². The molecule has 0 aromatic rings. The molecule has 2 nitrogen and oxygen atoms in total. The van der Waals surface area contributed by atoms with Crippen molar-refractivity contribution in [1.82, 2.24) is 0 Å². The maximum atomic E-state index is 10.8. The average Bonchev–Trinajstić information content (AvgIpc) is 2.48. The lowest BCUT2D eigenvalue weighted by Crippen LogP contribution is -2.24. The van der Waals surface area contributed by atoms with Gasteiger partial charge in [-0.1, -0.05) is 6.92 Å². The molecule has 2 heteroatoms. The van der Waals surface area contributed by atoms with Crippen LogP contribution in [0.25, 0.3) is 0 Å². The van der Waals surface area contributed by atoms with E-state index in [4.69, 9.17) is 5.73 Å². The fraction of sp³-hybridized carbons (Fsp3) is 0.857. The summed E-state index contributed by atoms with van der Waals surface area (Å²) in [5.41, 5.74) is 5.63. The molecule has 2 N–H and O–H groups in total. The Labute approximate surface area is 55.4 Å². The molecule has 1 aliphatic carbocycles. The molecule has 0 heterocycles. The molecule has 0 amide bonds. The Morgan fingerprint density at radius 1 is 1.67 bits per heavy atom. The number of carbonyl (C=O) groups is 1. The van der Waals surface area contributed by atoms with E-state index in [0.29, 0.717) is 18.6 Å². The summed E-state index contributed by atoms with van der Waals surface area (Å²) in [4.78, 5) is 10.8. The lowest BCUT2D eigenvalue weighted by atomic mass is 10.1. The van der Waals surface area contributed by atoms with Gasteiger partial charge >= 0.3 is 0 Å². The van der Waals surface area contributed by atoms with E-state index in [9.17, 15) is 4.79 Å². The summed E-state index contributed by atoms with van der Waals surface area (Å²) in [5, 5.41) is 0. The summed E-state index contributed by atoms with van der Waals surface area (Å²) < 4.78 is 0. The first-order chi connectivity index (χ1) is 4.16. The molecule has 1 fully saturated rings. The van der Waals surface area contributed by atoms with Crippen LogP contribution in [0.5, 0.6) is 0 Å². The average molecular weight is 127 g/mol. The summed E-state index contributed by atoms with van der Waals surface area (Å²) in [5.74, 6) is 0.301. The van der Waals surface area contributed by atoms with Crippen molar-refractivity contribution in [3.63, 3.8) is 0 Å². The summed E-state index contributed by atoms with van der Waals surface area (Å²) in [7, 11) is 0. The van der Waals surface area contributed by atoms with Gasteiger partial charge < -0.3 is 5.73 Å². The summed E-state index contributed by atoms with van der Waals surface area (Å²) in [6.45, 7) is 1.88. The zero-order chi connectivity index (χ0) is 6.91. The van der Waals surface area contributed by atoms with Crippen LogP contribution in [-0.2, 0) is 4.79 Å². The fourth-order valence-electron chi connectivity index (χ4n) is 0.855. The molecule has 9 heavy (non-hydrogen) atoms. The van der Waals surface area contributed by atoms with Crippen molar-refractivity contribution in [3.8, 4) is 0 Å². The van der Waals surface area contributed by atoms with Gasteiger partial charge in [0, 0.05) is 18.4 Å². The summed E-state index contributed by atoms with van der Waals surface area (Å²) >= 11 is 0. The molecule has 52 valence electrons. The Morgan fingerprint density at radius 3 is 2.56 bits per heavy atom. The van der Waals surface area contributed by atoms with Crippen LogP contribution in [0.15, 0.2) is 0 Å². The number of hydrogen-bond donors (Lipinski definition) is 1.